The van der Waals surface area contributed by atoms with E-state index in [0.717, 1.165) is 0 Å². The molecule has 1 N–H and O–H groups in total. The van der Waals surface area contributed by atoms with E-state index in [2.05, 4.69) is 6.58 Å². The summed E-state index contributed by atoms with van der Waals surface area (Å²) in [6.07, 6.45) is 5.35. The van der Waals surface area contributed by atoms with Crippen LogP contribution < -0.4 is 0 Å². The van der Waals surface area contributed by atoms with Gasteiger partial charge in [-0.2, -0.15) is 0 Å². The van der Waals surface area contributed by atoms with Gasteiger partial charge in [-0.3, -0.25) is 4.79 Å². The van der Waals surface area contributed by atoms with Crippen molar-refractivity contribution in [3.8, 4) is 0 Å². The zero-order valence-corrected chi connectivity index (χ0v) is 17.3. The number of aliphatic hydroxyl groups excluding tert-OH is 1. The van der Waals surface area contributed by atoms with E-state index in [1.54, 1.807) is 19.1 Å². The number of rotatable bonds is 5. The minimum atomic E-state index is -0.740. The summed E-state index contributed by atoms with van der Waals surface area (Å²) in [7, 11) is 0. The summed E-state index contributed by atoms with van der Waals surface area (Å²) >= 11 is 0. The van der Waals surface area contributed by atoms with Crippen LogP contribution in [0.25, 0.3) is 0 Å². The van der Waals surface area contributed by atoms with E-state index in [9.17, 15) is 19.5 Å². The van der Waals surface area contributed by atoms with Crippen LogP contribution in [0.5, 0.6) is 0 Å². The van der Waals surface area contributed by atoms with Gasteiger partial charge in [0.2, 0.25) is 0 Å². The minimum Gasteiger partial charge on any atom is -0.462 e. The van der Waals surface area contributed by atoms with E-state index in [0.29, 0.717) is 12.0 Å². The molecule has 3 rings (SSSR count). The number of hydrogen-bond donors (Lipinski definition) is 1. The quantitative estimate of drug-likeness (QED) is 0.310. The molecule has 0 bridgehead atoms. The van der Waals surface area contributed by atoms with Gasteiger partial charge in [0.25, 0.3) is 0 Å². The Hall–Kier alpha value is -2.71. The molecule has 2 fully saturated rings. The smallest absolute Gasteiger partial charge is 0.334 e. The molecule has 0 spiro atoms. The molecule has 30 heavy (non-hydrogen) atoms. The van der Waals surface area contributed by atoms with Crippen LogP contribution >= 0.6 is 0 Å². The largest absolute Gasteiger partial charge is 0.462 e. The van der Waals surface area contributed by atoms with Gasteiger partial charge in [-0.25, -0.2) is 9.59 Å². The number of carbonyl (C=O) groups excluding carboxylic acids is 3. The molecule has 162 valence electrons. The maximum Gasteiger partial charge on any atom is 0.334 e. The third-order valence-corrected chi connectivity index (χ3v) is 5.51. The van der Waals surface area contributed by atoms with E-state index < -0.39 is 41.6 Å². The van der Waals surface area contributed by atoms with Gasteiger partial charge in [0.15, 0.2) is 0 Å². The van der Waals surface area contributed by atoms with Gasteiger partial charge in [0.1, 0.15) is 24.9 Å². The van der Waals surface area contributed by atoms with Crippen molar-refractivity contribution in [1.29, 1.82) is 0 Å². The highest BCUT2D eigenvalue weighted by atomic mass is 16.6. The first-order valence-electron chi connectivity index (χ1n) is 9.73. The first kappa shape index (κ1) is 22.0. The summed E-state index contributed by atoms with van der Waals surface area (Å²) in [5, 5.41) is 9.64. The lowest BCUT2D eigenvalue weighted by Crippen LogP contribution is -2.37. The van der Waals surface area contributed by atoms with Crippen molar-refractivity contribution in [3.05, 3.63) is 47.6 Å². The molecular formula is C22H26O8. The highest BCUT2D eigenvalue weighted by Crippen LogP contribution is 2.46. The van der Waals surface area contributed by atoms with Crippen LogP contribution in [0.3, 0.4) is 0 Å². The zero-order chi connectivity index (χ0) is 22.1. The first-order valence-corrected chi connectivity index (χ1v) is 9.73. The molecule has 2 heterocycles. The monoisotopic (exact) mass is 418 g/mol. The molecule has 0 aromatic carbocycles. The normalized spacial score (nSPS) is 35.9. The molecule has 0 radical (unpaired) electrons. The summed E-state index contributed by atoms with van der Waals surface area (Å²) in [6, 6.07) is 0. The first-order chi connectivity index (χ1) is 14.1. The van der Waals surface area contributed by atoms with Gasteiger partial charge in [-0.15, -0.1) is 0 Å². The molecule has 8 heteroatoms. The van der Waals surface area contributed by atoms with Crippen LogP contribution in [0.15, 0.2) is 47.6 Å². The molecule has 0 amide bonds. The summed E-state index contributed by atoms with van der Waals surface area (Å²) in [4.78, 5) is 35.8. The average molecular weight is 418 g/mol. The predicted molar refractivity (Wildman–Crippen MR) is 105 cm³/mol. The molecule has 1 aliphatic carbocycles. The summed E-state index contributed by atoms with van der Waals surface area (Å²) in [5.41, 5.74) is 0.462. The number of aliphatic hydroxyl groups is 1. The Balaban J connectivity index is 1.87. The molecule has 3 aliphatic rings. The zero-order valence-electron chi connectivity index (χ0n) is 17.3. The lowest BCUT2D eigenvalue weighted by Gasteiger charge is -2.28. The third kappa shape index (κ3) is 4.71. The molecule has 0 unspecified atom stereocenters. The van der Waals surface area contributed by atoms with Crippen molar-refractivity contribution < 1.29 is 38.4 Å². The maximum atomic E-state index is 12.7. The predicted octanol–water partition coefficient (Wildman–Crippen LogP) is 1.54. The van der Waals surface area contributed by atoms with E-state index in [4.69, 9.17) is 18.9 Å². The van der Waals surface area contributed by atoms with Gasteiger partial charge in [0, 0.05) is 24.5 Å². The van der Waals surface area contributed by atoms with Crippen molar-refractivity contribution >= 4 is 17.9 Å². The number of carbonyl (C=O) groups is 3. The fraction of sp³-hybridized carbons (Fsp3) is 0.500. The SMILES string of the molecule is C=C1C(=O)O[C@@H]2/C=C(CO)\C=C/[C@H]3O[C@]3(C)C[C@@H](OC(=O)/C(C)=C\COC(C)=O)[C@@H]12. The Kier molecular flexibility index (Phi) is 6.28. The van der Waals surface area contributed by atoms with E-state index in [1.807, 2.05) is 13.0 Å². The van der Waals surface area contributed by atoms with Crippen LogP contribution in [-0.4, -0.2) is 60.1 Å². The Bertz CT molecular complexity index is 851. The number of esters is 3. The second-order valence-corrected chi connectivity index (χ2v) is 7.87. The standard InChI is InChI=1S/C22H26O8/c1-12(7-8-27-14(3)24)20(25)29-17-10-22(4)18(30-22)6-5-15(11-23)9-16-19(17)13(2)21(26)28-16/h5-7,9,16-19,23H,2,8,10-11H2,1,3-4H3/b6-5-,12-7-,15-9+/t16-,17-,18-,19+,22-/m1/s1. The maximum absolute atomic E-state index is 12.7. The number of epoxide rings is 1. The van der Waals surface area contributed by atoms with Crippen molar-refractivity contribution in [2.75, 3.05) is 13.2 Å². The van der Waals surface area contributed by atoms with E-state index in [1.165, 1.54) is 13.0 Å². The summed E-state index contributed by atoms with van der Waals surface area (Å²) in [5.74, 6) is -2.23. The number of fused-ring (bicyclic) bond motifs is 2. The minimum absolute atomic E-state index is 0.0441. The topological polar surface area (TPSA) is 112 Å². The van der Waals surface area contributed by atoms with E-state index in [-0.39, 0.29) is 30.5 Å². The Morgan fingerprint density at radius 2 is 2.13 bits per heavy atom. The number of ether oxygens (including phenoxy) is 4. The molecule has 0 saturated carbocycles. The van der Waals surface area contributed by atoms with Crippen LogP contribution in [-0.2, 0) is 33.3 Å². The second kappa shape index (κ2) is 8.57. The van der Waals surface area contributed by atoms with Gasteiger partial charge in [-0.05, 0) is 31.6 Å². The van der Waals surface area contributed by atoms with E-state index >= 15 is 0 Å². The van der Waals surface area contributed by atoms with Crippen molar-refractivity contribution in [2.24, 2.45) is 5.92 Å². The fourth-order valence-corrected chi connectivity index (χ4v) is 3.67. The molecule has 5 atom stereocenters. The van der Waals surface area contributed by atoms with Crippen molar-refractivity contribution in [2.45, 2.75) is 51.1 Å². The molecule has 8 nitrogen and oxygen atoms in total. The Morgan fingerprint density at radius 3 is 2.80 bits per heavy atom. The van der Waals surface area contributed by atoms with Crippen LogP contribution in [0.1, 0.15) is 27.2 Å². The lowest BCUT2D eigenvalue weighted by atomic mass is 9.83. The summed E-state index contributed by atoms with van der Waals surface area (Å²) in [6.45, 7) is 8.28. The van der Waals surface area contributed by atoms with Crippen molar-refractivity contribution in [1.82, 2.24) is 0 Å². The van der Waals surface area contributed by atoms with Gasteiger partial charge >= 0.3 is 17.9 Å². The fourth-order valence-electron chi connectivity index (χ4n) is 3.67. The van der Waals surface area contributed by atoms with Gasteiger partial charge in [0.05, 0.1) is 18.1 Å². The third-order valence-electron chi connectivity index (χ3n) is 5.51. The Labute approximate surface area is 174 Å². The average Bonchev–Trinajstić information content (AvgIpc) is 3.23. The van der Waals surface area contributed by atoms with Crippen LogP contribution in [0.4, 0.5) is 0 Å². The molecule has 2 aliphatic heterocycles. The Morgan fingerprint density at radius 1 is 1.40 bits per heavy atom. The molecule has 0 aromatic rings. The van der Waals surface area contributed by atoms with Crippen LogP contribution in [0, 0.1) is 5.92 Å². The number of hydrogen-bond acceptors (Lipinski definition) is 8. The van der Waals surface area contributed by atoms with Gasteiger partial charge in [-0.1, -0.05) is 18.7 Å². The van der Waals surface area contributed by atoms with Gasteiger partial charge < -0.3 is 24.1 Å². The summed E-state index contributed by atoms with van der Waals surface area (Å²) < 4.78 is 21.8. The molecule has 0 aromatic heterocycles. The second-order valence-electron chi connectivity index (χ2n) is 7.87. The van der Waals surface area contributed by atoms with Crippen molar-refractivity contribution in [3.63, 3.8) is 0 Å². The lowest BCUT2D eigenvalue weighted by molar-refractivity contribution is -0.148. The molecular weight excluding hydrogens is 392 g/mol. The van der Waals surface area contributed by atoms with Crippen LogP contribution in [0.2, 0.25) is 0 Å². The molecule has 2 saturated heterocycles. The highest BCUT2D eigenvalue weighted by Gasteiger charge is 2.56. The highest BCUT2D eigenvalue weighted by molar-refractivity contribution is 5.92.